The maximum atomic E-state index is 8.94. The normalized spacial score (nSPS) is 7.94. The Morgan fingerprint density at radius 3 is 1.83 bits per heavy atom. The van der Waals surface area contributed by atoms with Crippen molar-refractivity contribution in [3.05, 3.63) is 22.4 Å². The van der Waals surface area contributed by atoms with Crippen LogP contribution in [0.15, 0.2) is 5.57 Å². The molecule has 0 saturated heterocycles. The van der Waals surface area contributed by atoms with Crippen molar-refractivity contribution < 1.29 is 0 Å². The number of H-pyrrole nitrogens is 1. The van der Waals surface area contributed by atoms with E-state index >= 15 is 0 Å². The number of hydrogen-bond donors (Lipinski definition) is 2. The molecule has 0 spiro atoms. The lowest BCUT2D eigenvalue weighted by atomic mass is 10.0. The van der Waals surface area contributed by atoms with E-state index in [4.69, 9.17) is 32.0 Å². The van der Waals surface area contributed by atoms with Crippen LogP contribution in [-0.4, -0.2) is 4.98 Å². The van der Waals surface area contributed by atoms with Crippen molar-refractivity contribution in [3.63, 3.8) is 0 Å². The van der Waals surface area contributed by atoms with Crippen LogP contribution in [0.5, 0.6) is 0 Å². The second-order valence-corrected chi connectivity index (χ2v) is 2.97. The van der Waals surface area contributed by atoms with Crippen LogP contribution in [0.1, 0.15) is 16.8 Å². The minimum absolute atomic E-state index is 0.0906. The smallest absolute Gasteiger partial charge is 0.149 e. The molecule has 18 heavy (non-hydrogen) atoms. The largest absolute Gasteiger partial charge is 0.384 e. The van der Waals surface area contributed by atoms with Gasteiger partial charge in [-0.3, -0.25) is 0 Å². The number of allylic oxidation sites excluding steroid dienone is 2. The molecule has 1 rings (SSSR count). The van der Waals surface area contributed by atoms with Crippen molar-refractivity contribution >= 4 is 11.4 Å². The monoisotopic (exact) mass is 233 g/mol. The summed E-state index contributed by atoms with van der Waals surface area (Å²) in [4.78, 5) is 2.47. The second-order valence-electron chi connectivity index (χ2n) is 2.97. The van der Waals surface area contributed by atoms with Crippen LogP contribution in [0.3, 0.4) is 0 Å². The van der Waals surface area contributed by atoms with E-state index in [-0.39, 0.29) is 28.2 Å². The molecule has 0 aliphatic rings. The molecule has 0 unspecified atom stereocenters. The number of rotatable bonds is 1. The Morgan fingerprint density at radius 2 is 1.44 bits per heavy atom. The molecule has 0 saturated carbocycles. The van der Waals surface area contributed by atoms with E-state index in [1.54, 1.807) is 30.3 Å². The lowest BCUT2D eigenvalue weighted by molar-refractivity contribution is 1.33. The maximum Gasteiger partial charge on any atom is 0.149 e. The zero-order valence-electron chi connectivity index (χ0n) is 8.81. The average molecular weight is 233 g/mol. The van der Waals surface area contributed by atoms with Gasteiger partial charge < -0.3 is 10.7 Å². The number of hydrogen-bond acceptors (Lipinski definition) is 6. The van der Waals surface area contributed by atoms with E-state index in [9.17, 15) is 0 Å². The molecule has 0 radical (unpaired) electrons. The number of aromatic amines is 1. The molecule has 7 nitrogen and oxygen atoms in total. The fourth-order valence-corrected chi connectivity index (χ4v) is 1.31. The van der Waals surface area contributed by atoms with Crippen molar-refractivity contribution in [1.29, 1.82) is 26.3 Å². The Labute approximate surface area is 102 Å². The van der Waals surface area contributed by atoms with Gasteiger partial charge in [-0.15, -0.1) is 0 Å². The van der Waals surface area contributed by atoms with Gasteiger partial charge in [0.05, 0.1) is 11.3 Å². The van der Waals surface area contributed by atoms with Gasteiger partial charge in [0.15, 0.2) is 0 Å². The molecule has 82 valence electrons. The van der Waals surface area contributed by atoms with E-state index in [2.05, 4.69) is 4.98 Å². The maximum absolute atomic E-state index is 8.94. The molecule has 0 aliphatic heterocycles. The number of nitrogens with zero attached hydrogens (tertiary/aromatic N) is 5. The summed E-state index contributed by atoms with van der Waals surface area (Å²) in [5.74, 6) is -0.0907. The molecule has 3 N–H and O–H groups in total. The summed E-state index contributed by atoms with van der Waals surface area (Å²) in [7, 11) is 0. The molecule has 1 aromatic rings. The summed E-state index contributed by atoms with van der Waals surface area (Å²) >= 11 is 0. The van der Waals surface area contributed by atoms with Gasteiger partial charge in [-0.05, 0) is 0 Å². The van der Waals surface area contributed by atoms with Gasteiger partial charge >= 0.3 is 0 Å². The van der Waals surface area contributed by atoms with E-state index in [0.29, 0.717) is 0 Å². The van der Waals surface area contributed by atoms with Crippen LogP contribution in [0.25, 0.3) is 5.57 Å². The SMILES string of the molecule is N#CC(C#N)=C(C#N)c1[nH]c(N)c(C#N)c1C#N. The highest BCUT2D eigenvalue weighted by atomic mass is 14.9. The standard InChI is InChI=1S/C11H3N7/c12-1-6(2-13)7(3-14)10-8(4-15)9(5-16)11(17)18-10/h18H,17H2. The molecule has 1 heterocycles. The number of nitrogen functional groups attached to an aromatic ring is 1. The topological polar surface area (TPSA) is 161 Å². The first kappa shape index (κ1) is 12.3. The summed E-state index contributed by atoms with van der Waals surface area (Å²) < 4.78 is 0. The third kappa shape index (κ3) is 1.70. The lowest BCUT2D eigenvalue weighted by Gasteiger charge is -1.95. The van der Waals surface area contributed by atoms with Crippen LogP contribution >= 0.6 is 0 Å². The molecular formula is C11H3N7. The fourth-order valence-electron chi connectivity index (χ4n) is 1.31. The van der Waals surface area contributed by atoms with Gasteiger partial charge in [-0.25, -0.2) is 0 Å². The summed E-state index contributed by atoms with van der Waals surface area (Å²) in [5.41, 5.74) is 4.34. The predicted molar refractivity (Wildman–Crippen MR) is 58.4 cm³/mol. The van der Waals surface area contributed by atoms with Gasteiger partial charge in [0.25, 0.3) is 0 Å². The Morgan fingerprint density at radius 1 is 0.889 bits per heavy atom. The number of aromatic nitrogens is 1. The number of nitrogens with two attached hydrogens (primary N) is 1. The van der Waals surface area contributed by atoms with Gasteiger partial charge in [0.1, 0.15) is 52.9 Å². The second kappa shape index (κ2) is 4.86. The molecule has 7 heteroatoms. The van der Waals surface area contributed by atoms with E-state index < -0.39 is 5.57 Å². The summed E-state index contributed by atoms with van der Waals surface area (Å²) in [6, 6.07) is 8.16. The summed E-state index contributed by atoms with van der Waals surface area (Å²) in [5, 5.41) is 44.1. The van der Waals surface area contributed by atoms with E-state index in [1.807, 2.05) is 0 Å². The number of anilines is 1. The number of nitrogens with one attached hydrogen (secondary N) is 1. The zero-order valence-corrected chi connectivity index (χ0v) is 8.81. The highest BCUT2D eigenvalue weighted by molar-refractivity contribution is 5.87. The molecule has 0 bridgehead atoms. The summed E-state index contributed by atoms with van der Waals surface area (Å²) in [6.45, 7) is 0. The first-order valence-corrected chi connectivity index (χ1v) is 4.41. The molecule has 1 aromatic heterocycles. The third-order valence-corrected chi connectivity index (χ3v) is 2.09. The highest BCUT2D eigenvalue weighted by Gasteiger charge is 2.21. The number of nitriles is 5. The Hall–Kier alpha value is -3.73. The predicted octanol–water partition coefficient (Wildman–Crippen LogP) is 0.665. The van der Waals surface area contributed by atoms with Crippen molar-refractivity contribution in [3.8, 4) is 30.3 Å². The van der Waals surface area contributed by atoms with E-state index in [1.165, 1.54) is 0 Å². The van der Waals surface area contributed by atoms with Gasteiger partial charge in [0, 0.05) is 0 Å². The van der Waals surface area contributed by atoms with Gasteiger partial charge in [-0.1, -0.05) is 0 Å². The zero-order chi connectivity index (χ0) is 13.7. The van der Waals surface area contributed by atoms with Crippen molar-refractivity contribution in [2.24, 2.45) is 0 Å². The van der Waals surface area contributed by atoms with E-state index in [0.717, 1.165) is 0 Å². The van der Waals surface area contributed by atoms with Crippen LogP contribution in [0, 0.1) is 56.7 Å². The molecule has 0 aliphatic carbocycles. The molecule has 0 atom stereocenters. The minimum atomic E-state index is -0.459. The van der Waals surface area contributed by atoms with Crippen LogP contribution in [-0.2, 0) is 0 Å². The first-order chi connectivity index (χ1) is 8.64. The third-order valence-electron chi connectivity index (χ3n) is 2.09. The average Bonchev–Trinajstić information content (AvgIpc) is 2.71. The minimum Gasteiger partial charge on any atom is -0.384 e. The molecule has 0 amide bonds. The molecular weight excluding hydrogens is 230 g/mol. The van der Waals surface area contributed by atoms with Gasteiger partial charge in [-0.2, -0.15) is 26.3 Å². The van der Waals surface area contributed by atoms with Gasteiger partial charge in [0.2, 0.25) is 0 Å². The van der Waals surface area contributed by atoms with Crippen molar-refractivity contribution in [2.45, 2.75) is 0 Å². The Bertz CT molecular complexity index is 728. The summed E-state index contributed by atoms with van der Waals surface area (Å²) in [6.07, 6.45) is 0. The van der Waals surface area contributed by atoms with Crippen molar-refractivity contribution in [1.82, 2.24) is 4.98 Å². The highest BCUT2D eigenvalue weighted by Crippen LogP contribution is 2.26. The Balaban J connectivity index is 3.77. The van der Waals surface area contributed by atoms with Crippen LogP contribution in [0.2, 0.25) is 0 Å². The van der Waals surface area contributed by atoms with Crippen molar-refractivity contribution in [2.75, 3.05) is 5.73 Å². The lowest BCUT2D eigenvalue weighted by Crippen LogP contribution is -1.91. The molecule has 0 aromatic carbocycles. The quantitative estimate of drug-likeness (QED) is 0.677. The first-order valence-electron chi connectivity index (χ1n) is 4.41. The van der Waals surface area contributed by atoms with Crippen LogP contribution < -0.4 is 5.73 Å². The fraction of sp³-hybridized carbons (Fsp3) is 0. The van der Waals surface area contributed by atoms with Crippen LogP contribution in [0.4, 0.5) is 5.82 Å². The Kier molecular flexibility index (Phi) is 3.33. The molecule has 0 fully saturated rings.